The maximum atomic E-state index is 13.3. The Kier molecular flexibility index (Phi) is 2.58. The van der Waals surface area contributed by atoms with E-state index in [0.29, 0.717) is 11.1 Å². The highest BCUT2D eigenvalue weighted by atomic mass is 19.1. The van der Waals surface area contributed by atoms with E-state index in [4.69, 9.17) is 0 Å². The summed E-state index contributed by atoms with van der Waals surface area (Å²) in [5.41, 5.74) is 2.91. The third-order valence-corrected chi connectivity index (χ3v) is 3.92. The second-order valence-corrected chi connectivity index (χ2v) is 5.26. The van der Waals surface area contributed by atoms with Crippen LogP contribution in [-0.2, 0) is 0 Å². The Labute approximate surface area is 120 Å². The maximum Gasteiger partial charge on any atom is 0.123 e. The SMILES string of the molecule is O[C@H]1C=Cc2c(ccc3cc4cc(F)ccc4nc23)[C@@H]1O. The average molecular weight is 281 g/mol. The summed E-state index contributed by atoms with van der Waals surface area (Å²) in [6, 6.07) is 9.97. The number of aliphatic hydroxyl groups is 2. The van der Waals surface area contributed by atoms with Crippen LogP contribution in [0.2, 0.25) is 0 Å². The monoisotopic (exact) mass is 281 g/mol. The van der Waals surface area contributed by atoms with Crippen LogP contribution in [0.1, 0.15) is 17.2 Å². The zero-order valence-corrected chi connectivity index (χ0v) is 11.0. The quantitative estimate of drug-likeness (QED) is 0.623. The summed E-state index contributed by atoms with van der Waals surface area (Å²) < 4.78 is 13.3. The number of nitrogens with zero attached hydrogens (tertiary/aromatic N) is 1. The van der Waals surface area contributed by atoms with Crippen molar-refractivity contribution in [3.8, 4) is 0 Å². The Bertz CT molecular complexity index is 904. The molecule has 0 radical (unpaired) electrons. The fourth-order valence-corrected chi connectivity index (χ4v) is 2.83. The summed E-state index contributed by atoms with van der Waals surface area (Å²) in [6.07, 6.45) is 1.49. The number of hydrogen-bond donors (Lipinski definition) is 2. The van der Waals surface area contributed by atoms with Gasteiger partial charge in [-0.15, -0.1) is 0 Å². The molecule has 1 aromatic heterocycles. The molecule has 0 fully saturated rings. The molecule has 1 aliphatic carbocycles. The van der Waals surface area contributed by atoms with Gasteiger partial charge >= 0.3 is 0 Å². The minimum atomic E-state index is -0.944. The first-order valence-electron chi connectivity index (χ1n) is 6.71. The highest BCUT2D eigenvalue weighted by Gasteiger charge is 2.24. The molecular weight excluding hydrogens is 269 g/mol. The van der Waals surface area contributed by atoms with Gasteiger partial charge in [0, 0.05) is 16.3 Å². The second kappa shape index (κ2) is 4.35. The van der Waals surface area contributed by atoms with Gasteiger partial charge in [-0.3, -0.25) is 0 Å². The number of pyridine rings is 1. The van der Waals surface area contributed by atoms with E-state index < -0.39 is 12.2 Å². The number of rotatable bonds is 0. The molecule has 3 nitrogen and oxygen atoms in total. The average Bonchev–Trinajstić information content (AvgIpc) is 2.48. The van der Waals surface area contributed by atoms with Crippen LogP contribution in [-0.4, -0.2) is 21.3 Å². The van der Waals surface area contributed by atoms with Crippen LogP contribution in [0.4, 0.5) is 4.39 Å². The lowest BCUT2D eigenvalue weighted by Crippen LogP contribution is -2.19. The van der Waals surface area contributed by atoms with Crippen LogP contribution >= 0.6 is 0 Å². The number of benzene rings is 2. The summed E-state index contributed by atoms with van der Waals surface area (Å²) >= 11 is 0. The lowest BCUT2D eigenvalue weighted by molar-refractivity contribution is 0.0471. The first kappa shape index (κ1) is 12.4. The molecule has 21 heavy (non-hydrogen) atoms. The molecule has 4 heteroatoms. The van der Waals surface area contributed by atoms with Gasteiger partial charge in [0.15, 0.2) is 0 Å². The fourth-order valence-electron chi connectivity index (χ4n) is 2.83. The van der Waals surface area contributed by atoms with Crippen molar-refractivity contribution in [1.29, 1.82) is 0 Å². The van der Waals surface area contributed by atoms with Crippen molar-refractivity contribution in [3.63, 3.8) is 0 Å². The van der Waals surface area contributed by atoms with Gasteiger partial charge in [0.2, 0.25) is 0 Å². The molecule has 0 aliphatic heterocycles. The molecule has 2 aromatic carbocycles. The molecular formula is C17H12FNO2. The maximum absolute atomic E-state index is 13.3. The second-order valence-electron chi connectivity index (χ2n) is 5.26. The molecule has 4 rings (SSSR count). The first-order valence-corrected chi connectivity index (χ1v) is 6.71. The summed E-state index contributed by atoms with van der Waals surface area (Å²) in [6.45, 7) is 0. The molecule has 104 valence electrons. The van der Waals surface area contributed by atoms with E-state index in [0.717, 1.165) is 21.9 Å². The van der Waals surface area contributed by atoms with Gasteiger partial charge in [-0.2, -0.15) is 0 Å². The van der Waals surface area contributed by atoms with Crippen molar-refractivity contribution in [2.24, 2.45) is 0 Å². The third-order valence-electron chi connectivity index (χ3n) is 3.92. The zero-order valence-electron chi connectivity index (χ0n) is 11.0. The standard InChI is InChI=1S/C17H12FNO2/c18-11-2-5-14-10(8-11)7-9-1-3-13-12(16(9)19-14)4-6-15(20)17(13)21/h1-8,15,17,20-21H/t15-,17-/m0/s1. The lowest BCUT2D eigenvalue weighted by Gasteiger charge is -2.22. The van der Waals surface area contributed by atoms with E-state index in [1.54, 1.807) is 24.3 Å². The minimum absolute atomic E-state index is 0.292. The largest absolute Gasteiger partial charge is 0.386 e. The normalized spacial score (nSPS) is 20.9. The van der Waals surface area contributed by atoms with Gasteiger partial charge in [0.25, 0.3) is 0 Å². The Balaban J connectivity index is 2.07. The van der Waals surface area contributed by atoms with E-state index in [9.17, 15) is 14.6 Å². The van der Waals surface area contributed by atoms with Crippen LogP contribution in [0, 0.1) is 5.82 Å². The molecule has 0 unspecified atom stereocenters. The molecule has 0 saturated heterocycles. The van der Waals surface area contributed by atoms with E-state index in [1.165, 1.54) is 12.1 Å². The number of aromatic nitrogens is 1. The molecule has 0 bridgehead atoms. The van der Waals surface area contributed by atoms with E-state index in [2.05, 4.69) is 4.98 Å². The van der Waals surface area contributed by atoms with Crippen LogP contribution in [0.25, 0.3) is 27.9 Å². The van der Waals surface area contributed by atoms with Crippen LogP contribution in [0.3, 0.4) is 0 Å². The van der Waals surface area contributed by atoms with Gasteiger partial charge in [-0.25, -0.2) is 9.37 Å². The Morgan fingerprint density at radius 2 is 1.86 bits per heavy atom. The van der Waals surface area contributed by atoms with Crippen LogP contribution in [0.5, 0.6) is 0 Å². The highest BCUT2D eigenvalue weighted by Crippen LogP contribution is 2.33. The van der Waals surface area contributed by atoms with Crippen molar-refractivity contribution in [2.45, 2.75) is 12.2 Å². The molecule has 1 heterocycles. The van der Waals surface area contributed by atoms with Gasteiger partial charge in [0.1, 0.15) is 18.0 Å². The van der Waals surface area contributed by atoms with Crippen LogP contribution < -0.4 is 0 Å². The fraction of sp³-hybridized carbons (Fsp3) is 0.118. The summed E-state index contributed by atoms with van der Waals surface area (Å²) in [5, 5.41) is 21.4. The van der Waals surface area contributed by atoms with Gasteiger partial charge in [0.05, 0.1) is 11.0 Å². The van der Waals surface area contributed by atoms with Gasteiger partial charge in [-0.05, 0) is 29.8 Å². The Morgan fingerprint density at radius 3 is 2.71 bits per heavy atom. The zero-order chi connectivity index (χ0) is 14.6. The molecule has 2 atom stereocenters. The number of halogens is 1. The van der Waals surface area contributed by atoms with Crippen molar-refractivity contribution < 1.29 is 14.6 Å². The molecule has 1 aliphatic rings. The van der Waals surface area contributed by atoms with Crippen LogP contribution in [0.15, 0.2) is 42.5 Å². The van der Waals surface area contributed by atoms with Gasteiger partial charge < -0.3 is 10.2 Å². The third kappa shape index (κ3) is 1.84. The predicted molar refractivity (Wildman–Crippen MR) is 79.2 cm³/mol. The Hall–Kier alpha value is -2.30. The molecule has 2 N–H and O–H groups in total. The molecule has 3 aromatic rings. The first-order chi connectivity index (χ1) is 10.1. The molecule has 0 amide bonds. The summed E-state index contributed by atoms with van der Waals surface area (Å²) in [4.78, 5) is 4.58. The minimum Gasteiger partial charge on any atom is -0.386 e. The van der Waals surface area contributed by atoms with E-state index >= 15 is 0 Å². The summed E-state index contributed by atoms with van der Waals surface area (Å²) in [7, 11) is 0. The van der Waals surface area contributed by atoms with Crippen molar-refractivity contribution in [1.82, 2.24) is 4.98 Å². The van der Waals surface area contributed by atoms with E-state index in [-0.39, 0.29) is 5.82 Å². The predicted octanol–water partition coefficient (Wildman–Crippen LogP) is 2.95. The number of aliphatic hydroxyl groups excluding tert-OH is 2. The molecule has 0 saturated carbocycles. The smallest absolute Gasteiger partial charge is 0.123 e. The van der Waals surface area contributed by atoms with Crippen molar-refractivity contribution in [3.05, 3.63) is 59.4 Å². The highest BCUT2D eigenvalue weighted by molar-refractivity contribution is 5.97. The Morgan fingerprint density at radius 1 is 1.00 bits per heavy atom. The topological polar surface area (TPSA) is 53.4 Å². The van der Waals surface area contributed by atoms with Crippen molar-refractivity contribution in [2.75, 3.05) is 0 Å². The van der Waals surface area contributed by atoms with E-state index in [1.807, 2.05) is 12.1 Å². The van der Waals surface area contributed by atoms with Gasteiger partial charge in [-0.1, -0.05) is 24.3 Å². The summed E-state index contributed by atoms with van der Waals surface area (Å²) in [5.74, 6) is -0.292. The lowest BCUT2D eigenvalue weighted by atomic mass is 9.90. The molecule has 0 spiro atoms. The number of hydrogen-bond acceptors (Lipinski definition) is 3. The number of fused-ring (bicyclic) bond motifs is 4. The van der Waals surface area contributed by atoms with Crippen molar-refractivity contribution >= 4 is 27.9 Å².